The average molecular weight is 391 g/mol. The van der Waals surface area contributed by atoms with E-state index in [1.54, 1.807) is 0 Å². The van der Waals surface area contributed by atoms with E-state index in [1.165, 1.54) is 0 Å². The van der Waals surface area contributed by atoms with E-state index in [4.69, 9.17) is 12.9 Å². The van der Waals surface area contributed by atoms with Crippen LogP contribution < -0.4 is 0 Å². The molecule has 0 amide bonds. The summed E-state index contributed by atoms with van der Waals surface area (Å²) in [6, 6.07) is 0. The normalized spacial score (nSPS) is 9.75. The predicted octanol–water partition coefficient (Wildman–Crippen LogP) is 4.25. The first kappa shape index (κ1) is 33.0. The van der Waals surface area contributed by atoms with Gasteiger partial charge in [-0.3, -0.25) is 0 Å². The van der Waals surface area contributed by atoms with Crippen LogP contribution in [0.3, 0.4) is 0 Å². The number of hydrogen-bond acceptors (Lipinski definition) is 3. The van der Waals surface area contributed by atoms with Crippen LogP contribution >= 0.6 is 0 Å². The molecule has 0 heterocycles. The van der Waals surface area contributed by atoms with E-state index in [2.05, 4.69) is 39.3 Å². The van der Waals surface area contributed by atoms with Crippen LogP contribution in [0, 0.1) is 0 Å². The fraction of sp³-hybridized carbons (Fsp3) is 1.00. The van der Waals surface area contributed by atoms with E-state index >= 15 is 0 Å². The monoisotopic (exact) mass is 390 g/mol. The molecule has 0 aliphatic carbocycles. The van der Waals surface area contributed by atoms with E-state index in [1.807, 2.05) is 39.3 Å². The van der Waals surface area contributed by atoms with Crippen LogP contribution in [0.15, 0.2) is 0 Å². The Morgan fingerprint density at radius 1 is 0.600 bits per heavy atom. The number of rotatable bonds is 0. The second kappa shape index (κ2) is 20.3. The maximum atomic E-state index is 8.66. The summed E-state index contributed by atoms with van der Waals surface area (Å²) < 4.78 is 8.25. The molecule has 0 aliphatic heterocycles. The summed E-state index contributed by atoms with van der Waals surface area (Å²) in [5.74, 6) is 0. The summed E-state index contributed by atoms with van der Waals surface area (Å²) in [4.78, 5) is 17.3. The zero-order valence-electron chi connectivity index (χ0n) is 15.8. The Balaban J connectivity index is -0.0000000482. The van der Waals surface area contributed by atoms with Crippen molar-refractivity contribution in [2.24, 2.45) is 0 Å². The zero-order chi connectivity index (χ0) is 18.2. The first-order valence-electron chi connectivity index (χ1n) is 6.65. The first-order valence-corrected chi connectivity index (χ1v) is 20.2. The van der Waals surface area contributed by atoms with E-state index in [0.29, 0.717) is 0 Å². The van der Waals surface area contributed by atoms with Crippen LogP contribution in [0.4, 0.5) is 0 Å². The fourth-order valence-corrected chi connectivity index (χ4v) is 0. The summed E-state index contributed by atoms with van der Waals surface area (Å²) in [5, 5.41) is 0. The van der Waals surface area contributed by atoms with Crippen LogP contribution in [0.5, 0.6) is 0 Å². The molecule has 8 heteroatoms. The minimum atomic E-state index is -1.61. The zero-order valence-corrected chi connectivity index (χ0v) is 21.4. The molecule has 0 aromatic rings. The molecule has 2 radical (unpaired) electrons. The van der Waals surface area contributed by atoms with Crippen molar-refractivity contribution in [3.63, 3.8) is 0 Å². The van der Waals surface area contributed by atoms with E-state index in [9.17, 15) is 0 Å². The molecular formula is C12H38O3Si4Ti. The fourth-order valence-electron chi connectivity index (χ4n) is 0. The van der Waals surface area contributed by atoms with Gasteiger partial charge in [-0.1, -0.05) is 39.3 Å². The SMILES string of the molecule is C[Si](C)(C)O.C[Si](C)(C)O.C[Si](C)C.C[Si](C)C.[O]=[Ti]. The Morgan fingerprint density at radius 2 is 0.600 bits per heavy atom. The molecule has 0 aromatic carbocycles. The molecule has 0 saturated heterocycles. The Morgan fingerprint density at radius 3 is 0.600 bits per heavy atom. The summed E-state index contributed by atoms with van der Waals surface area (Å²) in [5.41, 5.74) is 0. The van der Waals surface area contributed by atoms with Crippen LogP contribution in [0.1, 0.15) is 0 Å². The van der Waals surface area contributed by atoms with Crippen molar-refractivity contribution in [1.29, 1.82) is 0 Å². The van der Waals surface area contributed by atoms with Crippen LogP contribution in [0.2, 0.25) is 78.6 Å². The molecule has 0 atom stereocenters. The summed E-state index contributed by atoms with van der Waals surface area (Å²) in [6.07, 6.45) is 0. The van der Waals surface area contributed by atoms with Gasteiger partial charge in [0.05, 0.1) is 0 Å². The first-order chi connectivity index (χ1) is 8.46. The second-order valence-corrected chi connectivity index (χ2v) is 22.0. The molecule has 2 N–H and O–H groups in total. The molecule has 0 fully saturated rings. The van der Waals surface area contributed by atoms with Gasteiger partial charge in [0.2, 0.25) is 0 Å². The van der Waals surface area contributed by atoms with Gasteiger partial charge in [-0.25, -0.2) is 0 Å². The molecule has 0 rings (SSSR count). The van der Waals surface area contributed by atoms with Gasteiger partial charge in [0.1, 0.15) is 0 Å². The van der Waals surface area contributed by atoms with E-state index < -0.39 is 16.6 Å². The summed E-state index contributed by atoms with van der Waals surface area (Å²) in [7, 11) is -2.98. The Labute approximate surface area is 145 Å². The standard InChI is InChI=1S/2C3H10OSi.2C3H9Si.O.Ti/c2*1-5(2,3)4;2*1-4(2)3;;/h2*4H,1-3H3;2*1-3H3;;. The maximum absolute atomic E-state index is 8.66. The van der Waals surface area contributed by atoms with Crippen molar-refractivity contribution in [3.8, 4) is 0 Å². The molecule has 124 valence electrons. The van der Waals surface area contributed by atoms with Gasteiger partial charge in [-0.05, 0) is 39.3 Å². The molecule has 0 saturated carbocycles. The van der Waals surface area contributed by atoms with Crippen molar-refractivity contribution >= 4 is 34.2 Å². The molecule has 0 unspecified atom stereocenters. The van der Waals surface area contributed by atoms with Gasteiger partial charge < -0.3 is 9.59 Å². The third kappa shape index (κ3) is 3810. The quantitative estimate of drug-likeness (QED) is 0.608. The van der Waals surface area contributed by atoms with Gasteiger partial charge in [-0.2, -0.15) is 0 Å². The molecule has 3 nitrogen and oxygen atoms in total. The molecule has 0 bridgehead atoms. The Kier molecular flexibility index (Phi) is 33.5. The van der Waals surface area contributed by atoms with Crippen LogP contribution in [0.25, 0.3) is 0 Å². The van der Waals surface area contributed by atoms with Gasteiger partial charge in [-0.15, -0.1) is 0 Å². The second-order valence-electron chi connectivity index (χ2n) is 7.34. The molecule has 20 heavy (non-hydrogen) atoms. The van der Waals surface area contributed by atoms with Gasteiger partial charge in [0.25, 0.3) is 0 Å². The van der Waals surface area contributed by atoms with Crippen LogP contribution in [-0.2, 0) is 23.7 Å². The van der Waals surface area contributed by atoms with Gasteiger partial charge in [0, 0.05) is 17.6 Å². The third-order valence-electron chi connectivity index (χ3n) is 0. The van der Waals surface area contributed by atoms with E-state index in [-0.39, 0.29) is 17.6 Å². The third-order valence-corrected chi connectivity index (χ3v) is 0. The van der Waals surface area contributed by atoms with Gasteiger partial charge in [0.15, 0.2) is 16.6 Å². The van der Waals surface area contributed by atoms with Crippen molar-refractivity contribution in [3.05, 3.63) is 0 Å². The van der Waals surface area contributed by atoms with Crippen molar-refractivity contribution in [2.75, 3.05) is 0 Å². The summed E-state index contributed by atoms with van der Waals surface area (Å²) in [6.45, 7) is 24.9. The summed E-state index contributed by atoms with van der Waals surface area (Å²) >= 11 is 0.750. The molecule has 0 aliphatic rings. The van der Waals surface area contributed by atoms with Crippen molar-refractivity contribution in [2.45, 2.75) is 78.6 Å². The van der Waals surface area contributed by atoms with Crippen molar-refractivity contribution < 1.29 is 33.3 Å². The Hall–Kier alpha value is 1.30. The number of hydrogen-bond donors (Lipinski definition) is 2. The topological polar surface area (TPSA) is 57.5 Å². The predicted molar refractivity (Wildman–Crippen MR) is 98.5 cm³/mol. The molecular weight excluding hydrogens is 352 g/mol. The molecule has 0 spiro atoms. The molecule has 0 aromatic heterocycles. The van der Waals surface area contributed by atoms with Crippen LogP contribution in [-0.4, -0.2) is 43.8 Å². The Bertz CT molecular complexity index is 134. The van der Waals surface area contributed by atoms with E-state index in [0.717, 1.165) is 20.4 Å². The van der Waals surface area contributed by atoms with Crippen molar-refractivity contribution in [1.82, 2.24) is 0 Å². The van der Waals surface area contributed by atoms with Gasteiger partial charge >= 0.3 is 23.7 Å². The average Bonchev–Trinajstić information content (AvgIpc) is 1.96. The minimum absolute atomic E-state index is 0.120.